The van der Waals surface area contributed by atoms with Crippen LogP contribution in [0.4, 0.5) is 4.39 Å². The molecule has 1 heterocycles. The number of aliphatic hydroxyl groups excluding tert-OH is 1. The second kappa shape index (κ2) is 6.89. The molecule has 0 aliphatic carbocycles. The van der Waals surface area contributed by atoms with Gasteiger partial charge in [0.1, 0.15) is 5.82 Å². The zero-order chi connectivity index (χ0) is 18.1. The van der Waals surface area contributed by atoms with E-state index in [-0.39, 0.29) is 36.0 Å². The first-order valence-electron chi connectivity index (χ1n) is 8.08. The fourth-order valence-electron chi connectivity index (χ4n) is 2.86. The van der Waals surface area contributed by atoms with Gasteiger partial charge in [-0.2, -0.15) is 0 Å². The van der Waals surface area contributed by atoms with Crippen LogP contribution in [-0.2, 0) is 9.59 Å². The first-order valence-corrected chi connectivity index (χ1v) is 8.08. The van der Waals surface area contributed by atoms with E-state index in [1.807, 2.05) is 20.8 Å². The van der Waals surface area contributed by atoms with Crippen LogP contribution in [0.5, 0.6) is 0 Å². The summed E-state index contributed by atoms with van der Waals surface area (Å²) in [4.78, 5) is 26.1. The van der Waals surface area contributed by atoms with Crippen molar-refractivity contribution in [1.29, 1.82) is 0 Å². The Morgan fingerprint density at radius 1 is 1.38 bits per heavy atom. The third kappa shape index (κ3) is 3.93. The average molecular weight is 336 g/mol. The monoisotopic (exact) mass is 336 g/mol. The van der Waals surface area contributed by atoms with Crippen molar-refractivity contribution in [2.45, 2.75) is 39.3 Å². The number of nitrogens with zero attached hydrogens (tertiary/aromatic N) is 1. The van der Waals surface area contributed by atoms with E-state index < -0.39 is 18.1 Å². The van der Waals surface area contributed by atoms with Crippen LogP contribution < -0.4 is 5.32 Å². The SMILES string of the molecule is CN1C(=O)CC(C(=O)NCC(O)C(C)(C)C)C1c1ccc(F)cc1. The molecule has 3 atom stereocenters. The highest BCUT2D eigenvalue weighted by atomic mass is 19.1. The molecule has 1 saturated heterocycles. The lowest BCUT2D eigenvalue weighted by atomic mass is 9.88. The zero-order valence-corrected chi connectivity index (χ0v) is 14.5. The fraction of sp³-hybridized carbons (Fsp3) is 0.556. The van der Waals surface area contributed by atoms with E-state index >= 15 is 0 Å². The molecule has 1 fully saturated rings. The minimum absolute atomic E-state index is 0.107. The quantitative estimate of drug-likeness (QED) is 0.882. The van der Waals surface area contributed by atoms with Gasteiger partial charge >= 0.3 is 0 Å². The van der Waals surface area contributed by atoms with E-state index in [4.69, 9.17) is 0 Å². The third-order valence-corrected chi connectivity index (χ3v) is 4.60. The van der Waals surface area contributed by atoms with Gasteiger partial charge in [0.25, 0.3) is 0 Å². The number of hydrogen-bond donors (Lipinski definition) is 2. The number of hydrogen-bond acceptors (Lipinski definition) is 3. The van der Waals surface area contributed by atoms with Gasteiger partial charge in [-0.15, -0.1) is 0 Å². The molecule has 5 nitrogen and oxygen atoms in total. The van der Waals surface area contributed by atoms with Crippen LogP contribution in [0.2, 0.25) is 0 Å². The molecule has 2 amide bonds. The van der Waals surface area contributed by atoms with Crippen LogP contribution in [0.15, 0.2) is 24.3 Å². The molecule has 2 N–H and O–H groups in total. The van der Waals surface area contributed by atoms with E-state index in [0.717, 1.165) is 5.56 Å². The number of carbonyl (C=O) groups is 2. The summed E-state index contributed by atoms with van der Waals surface area (Å²) in [7, 11) is 1.65. The Morgan fingerprint density at radius 3 is 2.50 bits per heavy atom. The molecule has 1 aliphatic rings. The normalized spacial score (nSPS) is 22.6. The van der Waals surface area contributed by atoms with E-state index in [1.165, 1.54) is 17.0 Å². The summed E-state index contributed by atoms with van der Waals surface area (Å²) in [6, 6.07) is 5.41. The third-order valence-electron chi connectivity index (χ3n) is 4.60. The van der Waals surface area contributed by atoms with Crippen LogP contribution in [0.25, 0.3) is 0 Å². The molecule has 1 aromatic rings. The van der Waals surface area contributed by atoms with Crippen molar-refractivity contribution in [2.75, 3.05) is 13.6 Å². The van der Waals surface area contributed by atoms with Crippen molar-refractivity contribution in [3.63, 3.8) is 0 Å². The number of aliphatic hydroxyl groups is 1. The largest absolute Gasteiger partial charge is 0.391 e. The van der Waals surface area contributed by atoms with Crippen molar-refractivity contribution in [3.8, 4) is 0 Å². The molecule has 3 unspecified atom stereocenters. The molecule has 2 rings (SSSR count). The lowest BCUT2D eigenvalue weighted by Gasteiger charge is -2.28. The predicted octanol–water partition coefficient (Wildman–Crippen LogP) is 1.87. The number of nitrogens with one attached hydrogen (secondary N) is 1. The maximum absolute atomic E-state index is 13.1. The highest BCUT2D eigenvalue weighted by Gasteiger charge is 2.42. The summed E-state index contributed by atoms with van der Waals surface area (Å²) < 4.78 is 13.1. The summed E-state index contributed by atoms with van der Waals surface area (Å²) >= 11 is 0. The minimum atomic E-state index is -0.680. The van der Waals surface area contributed by atoms with Gasteiger partial charge < -0.3 is 15.3 Å². The summed E-state index contributed by atoms with van der Waals surface area (Å²) in [5.74, 6) is -1.31. The number of benzene rings is 1. The summed E-state index contributed by atoms with van der Waals surface area (Å²) in [5, 5.41) is 12.8. The standard InChI is InChI=1S/C18H25FN2O3/c1-18(2,3)14(22)10-20-17(24)13-9-15(23)21(4)16(13)11-5-7-12(19)8-6-11/h5-8,13-14,16,22H,9-10H2,1-4H3,(H,20,24). The number of amides is 2. The Balaban J connectivity index is 2.13. The maximum Gasteiger partial charge on any atom is 0.226 e. The molecular weight excluding hydrogens is 311 g/mol. The van der Waals surface area contributed by atoms with Crippen LogP contribution in [-0.4, -0.2) is 41.5 Å². The summed E-state index contributed by atoms with van der Waals surface area (Å²) in [5.41, 5.74) is 0.382. The van der Waals surface area contributed by atoms with Crippen molar-refractivity contribution in [3.05, 3.63) is 35.6 Å². The van der Waals surface area contributed by atoms with Gasteiger partial charge in [-0.05, 0) is 23.1 Å². The van der Waals surface area contributed by atoms with Gasteiger partial charge in [-0.1, -0.05) is 32.9 Å². The first-order chi connectivity index (χ1) is 11.1. The Labute approximate surface area is 141 Å². The molecular formula is C18H25FN2O3. The lowest BCUT2D eigenvalue weighted by molar-refractivity contribution is -0.128. The predicted molar refractivity (Wildman–Crippen MR) is 88.5 cm³/mol. The fourth-order valence-corrected chi connectivity index (χ4v) is 2.86. The Morgan fingerprint density at radius 2 is 1.96 bits per heavy atom. The van der Waals surface area contributed by atoms with Gasteiger partial charge in [0.05, 0.1) is 18.1 Å². The Bertz CT molecular complexity index is 610. The first kappa shape index (κ1) is 18.4. The van der Waals surface area contributed by atoms with Gasteiger partial charge in [0.15, 0.2) is 0 Å². The number of likely N-dealkylation sites (tertiary alicyclic amines) is 1. The maximum atomic E-state index is 13.1. The van der Waals surface area contributed by atoms with Crippen molar-refractivity contribution >= 4 is 11.8 Å². The highest BCUT2D eigenvalue weighted by molar-refractivity contribution is 5.90. The van der Waals surface area contributed by atoms with Crippen LogP contribution in [0.3, 0.4) is 0 Å². The Hall–Kier alpha value is -1.95. The summed E-state index contributed by atoms with van der Waals surface area (Å²) in [6.07, 6.45) is -0.573. The topological polar surface area (TPSA) is 69.6 Å². The molecule has 6 heteroatoms. The van der Waals surface area contributed by atoms with E-state index in [0.29, 0.717) is 0 Å². The van der Waals surface area contributed by atoms with Gasteiger partial charge in [0, 0.05) is 20.0 Å². The van der Waals surface area contributed by atoms with Crippen LogP contribution in [0, 0.1) is 17.2 Å². The van der Waals surface area contributed by atoms with E-state index in [1.54, 1.807) is 19.2 Å². The van der Waals surface area contributed by atoms with Gasteiger partial charge in [-0.3, -0.25) is 9.59 Å². The number of carbonyl (C=O) groups excluding carboxylic acids is 2. The molecule has 0 spiro atoms. The number of halogens is 1. The molecule has 1 aliphatic heterocycles. The van der Waals surface area contributed by atoms with Crippen molar-refractivity contribution in [1.82, 2.24) is 10.2 Å². The van der Waals surface area contributed by atoms with Crippen molar-refractivity contribution < 1.29 is 19.1 Å². The molecule has 0 aromatic heterocycles. The van der Waals surface area contributed by atoms with Gasteiger partial charge in [0.2, 0.25) is 11.8 Å². The highest BCUT2D eigenvalue weighted by Crippen LogP contribution is 2.37. The lowest BCUT2D eigenvalue weighted by Crippen LogP contribution is -2.42. The second-order valence-electron chi connectivity index (χ2n) is 7.44. The minimum Gasteiger partial charge on any atom is -0.391 e. The van der Waals surface area contributed by atoms with Crippen LogP contribution >= 0.6 is 0 Å². The van der Waals surface area contributed by atoms with Crippen molar-refractivity contribution in [2.24, 2.45) is 11.3 Å². The molecule has 0 saturated carbocycles. The molecule has 0 radical (unpaired) electrons. The molecule has 0 bridgehead atoms. The summed E-state index contributed by atoms with van der Waals surface area (Å²) in [6.45, 7) is 5.79. The molecule has 24 heavy (non-hydrogen) atoms. The van der Waals surface area contributed by atoms with E-state index in [2.05, 4.69) is 5.32 Å². The second-order valence-corrected chi connectivity index (χ2v) is 7.44. The average Bonchev–Trinajstić information content (AvgIpc) is 2.80. The zero-order valence-electron chi connectivity index (χ0n) is 14.5. The van der Waals surface area contributed by atoms with Crippen LogP contribution in [0.1, 0.15) is 38.8 Å². The smallest absolute Gasteiger partial charge is 0.226 e. The molecule has 1 aromatic carbocycles. The van der Waals surface area contributed by atoms with Gasteiger partial charge in [-0.25, -0.2) is 4.39 Å². The number of rotatable bonds is 4. The Kier molecular flexibility index (Phi) is 5.28. The molecule has 132 valence electrons. The van der Waals surface area contributed by atoms with E-state index in [9.17, 15) is 19.1 Å².